The van der Waals surface area contributed by atoms with E-state index in [0.717, 1.165) is 49.7 Å². The fraction of sp³-hybridized carbons (Fsp3) is 0.607. The summed E-state index contributed by atoms with van der Waals surface area (Å²) in [6, 6.07) is 0. The average Bonchev–Trinajstić information content (AvgIpc) is 0.835. The van der Waals surface area contributed by atoms with Crippen molar-refractivity contribution in [3.8, 4) is 0 Å². The molecule has 0 saturated heterocycles. The van der Waals surface area contributed by atoms with Gasteiger partial charge in [-0.1, -0.05) is 114 Å². The highest BCUT2D eigenvalue weighted by Gasteiger charge is 2.33. The maximum absolute atomic E-state index is 11.3. The van der Waals surface area contributed by atoms with Gasteiger partial charge in [-0.25, -0.2) is 0 Å². The van der Waals surface area contributed by atoms with Gasteiger partial charge in [-0.2, -0.15) is 0 Å². The molecule has 0 aromatic heterocycles. The summed E-state index contributed by atoms with van der Waals surface area (Å²) < 4.78 is 0. The van der Waals surface area contributed by atoms with Crippen molar-refractivity contribution < 1.29 is 106 Å². The lowest BCUT2D eigenvalue weighted by atomic mass is 9.83. The molecular formula is C84H126O21. The first-order valence-electron chi connectivity index (χ1n) is 37.0. The molecular weight excluding hydrogens is 1340 g/mol. The summed E-state index contributed by atoms with van der Waals surface area (Å²) in [6.07, 6.45) is 29.1. The quantitative estimate of drug-likeness (QED) is 0.0259. The van der Waals surface area contributed by atoms with Crippen molar-refractivity contribution in [1.82, 2.24) is 0 Å². The minimum Gasteiger partial charge on any atom is -0.481 e. The number of aliphatic hydroxyl groups excluding tert-OH is 15. The largest absolute Gasteiger partial charge is 0.481 e. The highest BCUT2D eigenvalue weighted by atomic mass is 16.4. The van der Waals surface area contributed by atoms with Crippen LogP contribution in [0.2, 0.25) is 0 Å². The second-order valence-electron chi connectivity index (χ2n) is 33.5. The lowest BCUT2D eigenvalue weighted by molar-refractivity contribution is -0.148. The van der Waals surface area contributed by atoms with Gasteiger partial charge in [0.2, 0.25) is 0 Å². The Hall–Kier alpha value is -6.09. The highest BCUT2D eigenvalue weighted by Crippen LogP contribution is 2.37. The molecule has 12 unspecified atom stereocenters. The second kappa shape index (κ2) is 40.9. The van der Waals surface area contributed by atoms with Crippen LogP contribution in [-0.4, -0.2) is 203 Å². The lowest BCUT2D eigenvalue weighted by Crippen LogP contribution is -2.25. The number of carbonyl (C=O) groups is 3. The first kappa shape index (κ1) is 91.3. The molecule has 6 rings (SSSR count). The molecule has 0 radical (unpaired) electrons. The van der Waals surface area contributed by atoms with Gasteiger partial charge in [0.25, 0.3) is 0 Å². The van der Waals surface area contributed by atoms with E-state index in [4.69, 9.17) is 0 Å². The first-order chi connectivity index (χ1) is 48.8. The molecule has 6 aliphatic rings. The van der Waals surface area contributed by atoms with Gasteiger partial charge in [0.1, 0.15) is 0 Å². The molecule has 588 valence electrons. The van der Waals surface area contributed by atoms with Crippen molar-refractivity contribution in [3.63, 3.8) is 0 Å². The summed E-state index contributed by atoms with van der Waals surface area (Å²) >= 11 is 0. The number of aliphatic carboxylic acids is 3. The molecule has 0 saturated carbocycles. The van der Waals surface area contributed by atoms with Gasteiger partial charge in [0.05, 0.1) is 89.5 Å². The van der Waals surface area contributed by atoms with Crippen molar-refractivity contribution in [2.75, 3.05) is 19.8 Å². The second-order valence-corrected chi connectivity index (χ2v) is 33.5. The van der Waals surface area contributed by atoms with Crippen LogP contribution in [0.25, 0.3) is 0 Å². The Labute approximate surface area is 621 Å². The van der Waals surface area contributed by atoms with E-state index in [2.05, 4.69) is 0 Å². The van der Waals surface area contributed by atoms with Gasteiger partial charge in [0, 0.05) is 19.8 Å². The van der Waals surface area contributed by atoms with E-state index in [-0.39, 0.29) is 36.1 Å². The minimum absolute atomic E-state index is 0.0855. The van der Waals surface area contributed by atoms with Crippen molar-refractivity contribution >= 4 is 17.9 Å². The van der Waals surface area contributed by atoms with Gasteiger partial charge in [0.15, 0.2) is 0 Å². The summed E-state index contributed by atoms with van der Waals surface area (Å²) in [6.45, 7) is 22.2. The van der Waals surface area contributed by atoms with E-state index >= 15 is 0 Å². The van der Waals surface area contributed by atoms with Crippen LogP contribution in [0, 0.1) is 32.5 Å². The average molecular weight is 1470 g/mol. The number of carboxylic acid groups (broad SMARTS) is 3. The fourth-order valence-electron chi connectivity index (χ4n) is 13.0. The zero-order valence-electron chi connectivity index (χ0n) is 63.9. The summed E-state index contributed by atoms with van der Waals surface area (Å²) in [4.78, 5) is 33.9. The lowest BCUT2D eigenvalue weighted by Gasteiger charge is -2.26. The van der Waals surface area contributed by atoms with Gasteiger partial charge < -0.3 is 91.9 Å². The Morgan fingerprint density at radius 1 is 0.267 bits per heavy atom. The van der Waals surface area contributed by atoms with Gasteiger partial charge in [-0.15, -0.1) is 0 Å². The zero-order valence-corrected chi connectivity index (χ0v) is 63.9. The van der Waals surface area contributed by atoms with Crippen molar-refractivity contribution in [3.05, 3.63) is 176 Å². The van der Waals surface area contributed by atoms with Crippen LogP contribution < -0.4 is 0 Å². The Kier molecular flexibility index (Phi) is 35.6. The number of aliphatic hydroxyl groups is 15. The zero-order chi connectivity index (χ0) is 79.2. The Bertz CT molecular complexity index is 3270. The van der Waals surface area contributed by atoms with E-state index in [0.29, 0.717) is 133 Å². The third-order valence-corrected chi connectivity index (χ3v) is 20.7. The third-order valence-electron chi connectivity index (χ3n) is 20.7. The van der Waals surface area contributed by atoms with E-state index in [9.17, 15) is 106 Å². The summed E-state index contributed by atoms with van der Waals surface area (Å²) in [7, 11) is 0. The van der Waals surface area contributed by atoms with Crippen molar-refractivity contribution in [2.45, 2.75) is 272 Å². The smallest absolute Gasteiger partial charge is 0.309 e. The molecule has 6 aliphatic carbocycles. The molecule has 0 aromatic rings. The standard InChI is InChI=1S/C28H40O8.C28H42O7.C28H44O6/c1-27(2,25(33)34)11-5-7-17-13-21(29)15-19(23(17)31)9-10-20-16-22(30)14-18(24(20)32)8-6-12-28(3,4)26(35)36;1-27(2,17-29)11-5-7-18-13-22(30)15-20(24(18)32)9-10-21-16-23(31)14-19(25(21)33)8-6-12-28(3,4)26(34)35;1-27(2,17-29)11-5-7-19-13-23(31)15-21(25(19)33)9-10-22-16-24(32)14-20(26(22)34)8-6-12-28(3,4)18-30/h9-10,13-16,21-24,29-32H,5-8,11-12H2,1-4H3,(H,33,34)(H,35,36);9-10,13-16,22-25,29-33H,5-8,11-12,17H2,1-4H3,(H,34,35);9-10,13-16,23-26,29-34H,5-8,11-12,17-18H2,1-4H3/b3*10-9-. The SMILES string of the molecule is CC(C)(CCCC1=CC(O)C=C(/C=C\C2=CC(O)C=C(CCCC(C)(C)C(=O)O)C2O)C1O)C(=O)O.CC(C)(CO)CCCC1=CC(O)C=C(/C=C\C2=CC(O)C=C(CCCC(C)(C)C(=O)O)C2O)C1O.CC(C)(CO)CCCC1=CC(O)C=C(/C=C\C2=CC(O)C=C(CCCC(C)(C)CO)C2O)C1O. The van der Waals surface area contributed by atoms with Crippen molar-refractivity contribution in [1.29, 1.82) is 0 Å². The predicted molar refractivity (Wildman–Crippen MR) is 406 cm³/mol. The molecule has 0 bridgehead atoms. The number of hydrogen-bond donors (Lipinski definition) is 18. The Morgan fingerprint density at radius 2 is 0.410 bits per heavy atom. The topological polar surface area (TPSA) is 415 Å². The molecule has 0 heterocycles. The maximum atomic E-state index is 11.3. The van der Waals surface area contributed by atoms with Crippen LogP contribution in [-0.2, 0) is 14.4 Å². The number of hydrogen-bond acceptors (Lipinski definition) is 18. The molecule has 0 amide bonds. The Balaban J connectivity index is 0.000000333. The van der Waals surface area contributed by atoms with E-state index in [1.807, 2.05) is 41.5 Å². The number of carboxylic acids is 3. The van der Waals surface area contributed by atoms with Gasteiger partial charge in [-0.05, 0) is 277 Å². The van der Waals surface area contributed by atoms with Crippen LogP contribution >= 0.6 is 0 Å². The highest BCUT2D eigenvalue weighted by molar-refractivity contribution is 5.74. The molecule has 21 heteroatoms. The summed E-state index contributed by atoms with van der Waals surface area (Å²) in [5.41, 5.74) is 3.85. The van der Waals surface area contributed by atoms with Crippen LogP contribution in [0.1, 0.15) is 199 Å². The molecule has 12 atom stereocenters. The predicted octanol–water partition coefficient (Wildman–Crippen LogP) is 9.57. The van der Waals surface area contributed by atoms with E-state index < -0.39 is 107 Å². The van der Waals surface area contributed by atoms with E-state index in [1.54, 1.807) is 133 Å². The molecule has 0 aliphatic heterocycles. The summed E-state index contributed by atoms with van der Waals surface area (Å²) in [5, 5.41) is 183. The monoisotopic (exact) mass is 1470 g/mol. The molecule has 21 nitrogen and oxygen atoms in total. The molecule has 0 aromatic carbocycles. The van der Waals surface area contributed by atoms with Crippen LogP contribution in [0.4, 0.5) is 0 Å². The molecule has 0 spiro atoms. The fourth-order valence-corrected chi connectivity index (χ4v) is 13.0. The molecule has 105 heavy (non-hydrogen) atoms. The van der Waals surface area contributed by atoms with Crippen LogP contribution in [0.15, 0.2) is 176 Å². The number of rotatable bonds is 36. The van der Waals surface area contributed by atoms with Gasteiger partial charge >= 0.3 is 17.9 Å². The summed E-state index contributed by atoms with van der Waals surface area (Å²) in [5.74, 6) is -2.64. The minimum atomic E-state index is -0.975. The third kappa shape index (κ3) is 29.8. The Morgan fingerprint density at radius 3 is 0.543 bits per heavy atom. The first-order valence-corrected chi connectivity index (χ1v) is 37.0. The van der Waals surface area contributed by atoms with Gasteiger partial charge in [-0.3, -0.25) is 14.4 Å². The van der Waals surface area contributed by atoms with Crippen molar-refractivity contribution in [2.24, 2.45) is 32.5 Å². The van der Waals surface area contributed by atoms with E-state index in [1.165, 1.54) is 18.2 Å². The molecule has 0 fully saturated rings. The van der Waals surface area contributed by atoms with Crippen LogP contribution in [0.5, 0.6) is 0 Å². The molecule has 18 N–H and O–H groups in total. The normalized spacial score (nSPS) is 25.7. The van der Waals surface area contributed by atoms with Crippen LogP contribution in [0.3, 0.4) is 0 Å². The maximum Gasteiger partial charge on any atom is 0.309 e.